The number of benzene rings is 2. The van der Waals surface area contributed by atoms with Gasteiger partial charge in [0.2, 0.25) is 0 Å². The summed E-state index contributed by atoms with van der Waals surface area (Å²) in [7, 11) is 0. The summed E-state index contributed by atoms with van der Waals surface area (Å²) in [5.41, 5.74) is 8.83. The second kappa shape index (κ2) is 6.56. The summed E-state index contributed by atoms with van der Waals surface area (Å²) in [5.74, 6) is -0.427. The van der Waals surface area contributed by atoms with E-state index in [1.807, 2.05) is 31.2 Å². The summed E-state index contributed by atoms with van der Waals surface area (Å²) in [4.78, 5) is 23.9. The zero-order valence-corrected chi connectivity index (χ0v) is 13.9. The van der Waals surface area contributed by atoms with Gasteiger partial charge in [-0.05, 0) is 43.7 Å². The van der Waals surface area contributed by atoms with Crippen molar-refractivity contribution in [2.75, 3.05) is 11.1 Å². The SMILES string of the molecule is CC(=O)c1cccc(NC(=O)c2nnn(-c3cccc(C)c3)c2N)c1. The van der Waals surface area contributed by atoms with Crippen molar-refractivity contribution < 1.29 is 9.59 Å². The summed E-state index contributed by atoms with van der Waals surface area (Å²) in [6.07, 6.45) is 0. The van der Waals surface area contributed by atoms with Crippen molar-refractivity contribution in [2.24, 2.45) is 0 Å². The minimum atomic E-state index is -0.489. The van der Waals surface area contributed by atoms with Crippen molar-refractivity contribution in [3.8, 4) is 5.69 Å². The first kappa shape index (κ1) is 16.4. The molecule has 7 heteroatoms. The van der Waals surface area contributed by atoms with Crippen molar-refractivity contribution in [2.45, 2.75) is 13.8 Å². The highest BCUT2D eigenvalue weighted by Crippen LogP contribution is 2.18. The first-order valence-electron chi connectivity index (χ1n) is 7.66. The quantitative estimate of drug-likeness (QED) is 0.713. The highest BCUT2D eigenvalue weighted by molar-refractivity contribution is 6.06. The maximum absolute atomic E-state index is 12.4. The fraction of sp³-hybridized carbons (Fsp3) is 0.111. The zero-order valence-electron chi connectivity index (χ0n) is 13.9. The predicted molar refractivity (Wildman–Crippen MR) is 94.9 cm³/mol. The van der Waals surface area contributed by atoms with Gasteiger partial charge in [-0.25, -0.2) is 0 Å². The number of Topliss-reactive ketones (excluding diaryl/α,β-unsaturated/α-hetero) is 1. The lowest BCUT2D eigenvalue weighted by Crippen LogP contribution is -2.15. The number of nitrogen functional groups attached to an aromatic ring is 1. The molecule has 0 aliphatic carbocycles. The van der Waals surface area contributed by atoms with E-state index in [4.69, 9.17) is 5.73 Å². The number of carbonyl (C=O) groups is 2. The standard InChI is InChI=1S/C18H17N5O2/c1-11-5-3-8-15(9-11)23-17(19)16(21-22-23)18(25)20-14-7-4-6-13(10-14)12(2)24/h3-10H,19H2,1-2H3,(H,20,25). The average Bonchev–Trinajstić information content (AvgIpc) is 2.96. The molecule has 0 saturated carbocycles. The van der Waals surface area contributed by atoms with Crippen LogP contribution in [0.15, 0.2) is 48.5 Å². The summed E-state index contributed by atoms with van der Waals surface area (Å²) >= 11 is 0. The lowest BCUT2D eigenvalue weighted by Gasteiger charge is -2.06. The van der Waals surface area contributed by atoms with Crippen molar-refractivity contribution >= 4 is 23.2 Å². The Bertz CT molecular complexity index is 962. The van der Waals surface area contributed by atoms with E-state index in [0.717, 1.165) is 11.3 Å². The Hall–Kier alpha value is -3.48. The van der Waals surface area contributed by atoms with Gasteiger partial charge in [0.1, 0.15) is 0 Å². The lowest BCUT2D eigenvalue weighted by atomic mass is 10.1. The molecule has 3 aromatic rings. The second-order valence-electron chi connectivity index (χ2n) is 5.67. The number of amides is 1. The van der Waals surface area contributed by atoms with Gasteiger partial charge in [0.25, 0.3) is 5.91 Å². The number of carbonyl (C=O) groups excluding carboxylic acids is 2. The number of aromatic nitrogens is 3. The molecule has 1 heterocycles. The molecule has 3 rings (SSSR count). The van der Waals surface area contributed by atoms with E-state index >= 15 is 0 Å². The fourth-order valence-corrected chi connectivity index (χ4v) is 2.41. The molecule has 0 aliphatic rings. The summed E-state index contributed by atoms with van der Waals surface area (Å²) in [5, 5.41) is 10.5. The molecule has 3 N–H and O–H groups in total. The van der Waals surface area contributed by atoms with E-state index in [0.29, 0.717) is 11.3 Å². The molecule has 1 aromatic heterocycles. The van der Waals surface area contributed by atoms with Crippen LogP contribution in [-0.2, 0) is 0 Å². The van der Waals surface area contributed by atoms with Gasteiger partial charge in [-0.15, -0.1) is 5.10 Å². The van der Waals surface area contributed by atoms with Crippen LogP contribution < -0.4 is 11.1 Å². The van der Waals surface area contributed by atoms with Crippen molar-refractivity contribution in [3.63, 3.8) is 0 Å². The monoisotopic (exact) mass is 335 g/mol. The first-order valence-corrected chi connectivity index (χ1v) is 7.66. The van der Waals surface area contributed by atoms with Gasteiger partial charge in [0.15, 0.2) is 17.3 Å². The molecular weight excluding hydrogens is 318 g/mol. The van der Waals surface area contributed by atoms with Gasteiger partial charge in [-0.2, -0.15) is 4.68 Å². The number of rotatable bonds is 4. The summed E-state index contributed by atoms with van der Waals surface area (Å²) < 4.78 is 1.41. The number of ketones is 1. The maximum atomic E-state index is 12.4. The smallest absolute Gasteiger partial charge is 0.280 e. The number of anilines is 2. The molecule has 0 spiro atoms. The van der Waals surface area contributed by atoms with Crippen molar-refractivity contribution in [3.05, 3.63) is 65.4 Å². The number of nitrogens with zero attached hydrogens (tertiary/aromatic N) is 3. The molecule has 126 valence electrons. The maximum Gasteiger partial charge on any atom is 0.280 e. The number of nitrogens with one attached hydrogen (secondary N) is 1. The fourth-order valence-electron chi connectivity index (χ4n) is 2.41. The average molecular weight is 335 g/mol. The number of hydrogen-bond acceptors (Lipinski definition) is 5. The topological polar surface area (TPSA) is 103 Å². The largest absolute Gasteiger partial charge is 0.382 e. The summed E-state index contributed by atoms with van der Waals surface area (Å²) in [6, 6.07) is 14.2. The van der Waals surface area contributed by atoms with Crippen molar-refractivity contribution in [1.82, 2.24) is 15.0 Å². The van der Waals surface area contributed by atoms with Crippen LogP contribution in [0.3, 0.4) is 0 Å². The van der Waals surface area contributed by atoms with Crippen LogP contribution in [0.2, 0.25) is 0 Å². The van der Waals surface area contributed by atoms with Gasteiger partial charge in [-0.1, -0.05) is 29.5 Å². The van der Waals surface area contributed by atoms with Crippen LogP contribution in [0.4, 0.5) is 11.5 Å². The van der Waals surface area contributed by atoms with Crippen LogP contribution in [-0.4, -0.2) is 26.7 Å². The van der Waals surface area contributed by atoms with E-state index in [1.54, 1.807) is 24.3 Å². The van der Waals surface area contributed by atoms with Crippen LogP contribution in [0.25, 0.3) is 5.69 Å². The summed E-state index contributed by atoms with van der Waals surface area (Å²) in [6.45, 7) is 3.42. The molecule has 0 unspecified atom stereocenters. The molecule has 0 fully saturated rings. The van der Waals surface area contributed by atoms with E-state index in [1.165, 1.54) is 11.6 Å². The van der Waals surface area contributed by atoms with Crippen molar-refractivity contribution in [1.29, 1.82) is 0 Å². The van der Waals surface area contributed by atoms with Gasteiger partial charge in [-0.3, -0.25) is 9.59 Å². The Kier molecular flexibility index (Phi) is 4.30. The van der Waals surface area contributed by atoms with Crippen LogP contribution >= 0.6 is 0 Å². The number of aryl methyl sites for hydroxylation is 1. The van der Waals surface area contributed by atoms with Gasteiger partial charge in [0.05, 0.1) is 5.69 Å². The van der Waals surface area contributed by atoms with Crippen LogP contribution in [0.1, 0.15) is 33.3 Å². The second-order valence-corrected chi connectivity index (χ2v) is 5.67. The molecule has 25 heavy (non-hydrogen) atoms. The molecule has 0 atom stereocenters. The Balaban J connectivity index is 1.86. The third-order valence-electron chi connectivity index (χ3n) is 3.69. The molecule has 2 aromatic carbocycles. The van der Waals surface area contributed by atoms with Gasteiger partial charge in [0, 0.05) is 11.3 Å². The van der Waals surface area contributed by atoms with E-state index in [2.05, 4.69) is 15.6 Å². The third-order valence-corrected chi connectivity index (χ3v) is 3.69. The zero-order chi connectivity index (χ0) is 18.0. The van der Waals surface area contributed by atoms with Crippen LogP contribution in [0, 0.1) is 6.92 Å². The highest BCUT2D eigenvalue weighted by Gasteiger charge is 2.18. The number of nitrogens with two attached hydrogens (primary N) is 1. The normalized spacial score (nSPS) is 10.5. The molecule has 0 saturated heterocycles. The molecule has 1 amide bonds. The van der Waals surface area contributed by atoms with E-state index in [-0.39, 0.29) is 17.3 Å². The Morgan fingerprint density at radius 1 is 1.12 bits per heavy atom. The molecular formula is C18H17N5O2. The van der Waals surface area contributed by atoms with Crippen LogP contribution in [0.5, 0.6) is 0 Å². The molecule has 0 aliphatic heterocycles. The Morgan fingerprint density at radius 3 is 2.60 bits per heavy atom. The minimum absolute atomic E-state index is 0.0229. The number of hydrogen-bond donors (Lipinski definition) is 2. The van der Waals surface area contributed by atoms with E-state index < -0.39 is 5.91 Å². The van der Waals surface area contributed by atoms with Gasteiger partial charge >= 0.3 is 0 Å². The lowest BCUT2D eigenvalue weighted by molar-refractivity contribution is 0.100. The molecule has 0 radical (unpaired) electrons. The highest BCUT2D eigenvalue weighted by atomic mass is 16.2. The predicted octanol–water partition coefficient (Wildman–Crippen LogP) is 2.61. The van der Waals surface area contributed by atoms with E-state index in [9.17, 15) is 9.59 Å². The van der Waals surface area contributed by atoms with Gasteiger partial charge < -0.3 is 11.1 Å². The molecule has 7 nitrogen and oxygen atoms in total. The Morgan fingerprint density at radius 2 is 1.88 bits per heavy atom. The molecule has 0 bridgehead atoms. The minimum Gasteiger partial charge on any atom is -0.382 e. The third kappa shape index (κ3) is 3.40. The first-order chi connectivity index (χ1) is 12.0. The Labute approximate surface area is 144 Å².